The summed E-state index contributed by atoms with van der Waals surface area (Å²) in [5, 5.41) is 0. The Balaban J connectivity index is 1.70. The van der Waals surface area contributed by atoms with Gasteiger partial charge in [-0.3, -0.25) is 14.4 Å². The maximum atomic E-state index is 14.5. The number of methoxy groups -OCH3 is 3. The fourth-order valence-electron chi connectivity index (χ4n) is 6.72. The van der Waals surface area contributed by atoms with Crippen LogP contribution in [-0.4, -0.2) is 50.8 Å². The highest BCUT2D eigenvalue weighted by Crippen LogP contribution is 2.61. The predicted molar refractivity (Wildman–Crippen MR) is 143 cm³/mol. The fourth-order valence-corrected chi connectivity index (χ4v) is 6.72. The quantitative estimate of drug-likeness (QED) is 0.460. The molecule has 6 rings (SSSR count). The molecule has 2 aliphatic heterocycles. The smallest absolute Gasteiger partial charge is 0.203 e. The van der Waals surface area contributed by atoms with Crippen molar-refractivity contribution in [2.45, 2.75) is 24.9 Å². The Kier molecular flexibility index (Phi) is 5.42. The molecule has 1 saturated heterocycles. The lowest BCUT2D eigenvalue weighted by Crippen LogP contribution is -2.48. The summed E-state index contributed by atoms with van der Waals surface area (Å²) in [5.41, 5.74) is 1.53. The second-order valence-corrected chi connectivity index (χ2v) is 9.83. The maximum Gasteiger partial charge on any atom is 0.203 e. The van der Waals surface area contributed by atoms with E-state index in [1.54, 1.807) is 36.4 Å². The molecule has 0 bridgehead atoms. The molecule has 7 heteroatoms. The topological polar surface area (TPSA) is 82.1 Å². The first kappa shape index (κ1) is 24.0. The summed E-state index contributed by atoms with van der Waals surface area (Å²) in [7, 11) is 4.54. The number of nitrogens with zero attached hydrogens (tertiary/aromatic N) is 1. The molecule has 0 unspecified atom stereocenters. The number of rotatable bonds is 5. The Morgan fingerprint density at radius 2 is 1.42 bits per heavy atom. The van der Waals surface area contributed by atoms with Gasteiger partial charge in [-0.1, -0.05) is 54.6 Å². The van der Waals surface area contributed by atoms with Crippen LogP contribution in [-0.2, 0) is 4.79 Å². The number of anilines is 1. The van der Waals surface area contributed by atoms with Crippen molar-refractivity contribution in [2.75, 3.05) is 26.2 Å². The number of ketones is 3. The van der Waals surface area contributed by atoms with Gasteiger partial charge in [0.25, 0.3) is 0 Å². The number of fused-ring (bicyclic) bond motifs is 5. The normalized spacial score (nSPS) is 22.2. The molecule has 3 aromatic carbocycles. The predicted octanol–water partition coefficient (Wildman–Crippen LogP) is 4.73. The van der Waals surface area contributed by atoms with E-state index >= 15 is 0 Å². The van der Waals surface area contributed by atoms with E-state index in [2.05, 4.69) is 0 Å². The van der Waals surface area contributed by atoms with Crippen LogP contribution in [0.15, 0.2) is 66.7 Å². The van der Waals surface area contributed by atoms with Gasteiger partial charge >= 0.3 is 0 Å². The van der Waals surface area contributed by atoms with Gasteiger partial charge in [0.05, 0.1) is 33.4 Å². The van der Waals surface area contributed by atoms with Gasteiger partial charge in [-0.2, -0.15) is 0 Å². The van der Waals surface area contributed by atoms with E-state index in [4.69, 9.17) is 14.2 Å². The molecule has 0 N–H and O–H groups in total. The summed E-state index contributed by atoms with van der Waals surface area (Å²) < 4.78 is 16.8. The molecule has 0 amide bonds. The number of Topliss-reactive ketones (excluding diaryl/α,β-unsaturated/α-hetero) is 3. The van der Waals surface area contributed by atoms with E-state index in [9.17, 15) is 14.4 Å². The molecule has 0 saturated carbocycles. The Hall–Kier alpha value is -4.39. The van der Waals surface area contributed by atoms with Crippen molar-refractivity contribution in [2.24, 2.45) is 5.41 Å². The molecule has 2 heterocycles. The van der Waals surface area contributed by atoms with Crippen LogP contribution in [0.2, 0.25) is 0 Å². The average Bonchev–Trinajstić information content (AvgIpc) is 3.38. The summed E-state index contributed by atoms with van der Waals surface area (Å²) in [6.45, 7) is 1.52. The molecule has 38 heavy (non-hydrogen) atoms. The zero-order valence-electron chi connectivity index (χ0n) is 21.6. The first-order valence-electron chi connectivity index (χ1n) is 12.4. The van der Waals surface area contributed by atoms with Gasteiger partial charge in [-0.15, -0.1) is 0 Å². The first-order valence-corrected chi connectivity index (χ1v) is 12.4. The Morgan fingerprint density at radius 1 is 0.842 bits per heavy atom. The molecular weight excluding hydrogens is 482 g/mol. The molecule has 3 atom stereocenters. The molecule has 1 fully saturated rings. The molecule has 3 aromatic rings. The zero-order valence-corrected chi connectivity index (χ0v) is 21.6. The molecule has 3 aliphatic rings. The highest BCUT2D eigenvalue weighted by Gasteiger charge is 2.71. The van der Waals surface area contributed by atoms with Crippen molar-refractivity contribution in [3.8, 4) is 17.2 Å². The van der Waals surface area contributed by atoms with Crippen LogP contribution in [0, 0.1) is 5.41 Å². The van der Waals surface area contributed by atoms with Gasteiger partial charge in [0, 0.05) is 22.7 Å². The summed E-state index contributed by atoms with van der Waals surface area (Å²) in [5.74, 6) is -0.361. The van der Waals surface area contributed by atoms with Gasteiger partial charge in [0.15, 0.2) is 28.8 Å². The molecule has 1 spiro atoms. The number of hydrogen-bond acceptors (Lipinski definition) is 7. The molecule has 0 aromatic heterocycles. The van der Waals surface area contributed by atoms with Crippen LogP contribution >= 0.6 is 0 Å². The minimum atomic E-state index is -1.56. The van der Waals surface area contributed by atoms with E-state index in [1.165, 1.54) is 28.3 Å². The molecule has 7 nitrogen and oxygen atoms in total. The minimum absolute atomic E-state index is 0.146. The number of ether oxygens (including phenoxy) is 3. The lowest BCUT2D eigenvalue weighted by atomic mass is 9.64. The Morgan fingerprint density at radius 3 is 1.97 bits per heavy atom. The molecular formula is C31H27NO6. The monoisotopic (exact) mass is 509 g/mol. The highest BCUT2D eigenvalue weighted by atomic mass is 16.5. The van der Waals surface area contributed by atoms with Gasteiger partial charge in [0.1, 0.15) is 5.41 Å². The van der Waals surface area contributed by atoms with Crippen LogP contribution < -0.4 is 19.1 Å². The van der Waals surface area contributed by atoms with Gasteiger partial charge in [-0.05, 0) is 36.2 Å². The van der Waals surface area contributed by atoms with Crippen molar-refractivity contribution < 1.29 is 28.6 Å². The third kappa shape index (κ3) is 2.93. The first-order chi connectivity index (χ1) is 18.4. The van der Waals surface area contributed by atoms with Crippen LogP contribution in [0.3, 0.4) is 0 Å². The summed E-state index contributed by atoms with van der Waals surface area (Å²) in [6, 6.07) is 16.7. The number of carbonyl (C=O) groups excluding carboxylic acids is 3. The standard InChI is InChI=1S/C31H27NO6/c1-17(33)27-26(19-15-23(36-2)28(38-4)24(16-19)37-3)31(29(34)20-10-6-7-11-21(20)30(31)35)25-14-13-18-9-5-8-12-22(18)32(25)27/h5-16,25-27H,1-4H3/t25-,26-,27-/m0/s1. The van der Waals surface area contributed by atoms with E-state index < -0.39 is 23.4 Å². The van der Waals surface area contributed by atoms with Crippen LogP contribution in [0.1, 0.15) is 44.7 Å². The van der Waals surface area contributed by atoms with Crippen LogP contribution in [0.25, 0.3) is 6.08 Å². The van der Waals surface area contributed by atoms with Crippen molar-refractivity contribution >= 4 is 29.1 Å². The SMILES string of the molecule is COc1cc([C@H]2[C@H](C(C)=O)N3c4ccccc4C=C[C@H]3C23C(=O)c2ccccc2C3=O)cc(OC)c1OC. The summed E-state index contributed by atoms with van der Waals surface area (Å²) in [6.07, 6.45) is 3.84. The minimum Gasteiger partial charge on any atom is -0.493 e. The molecule has 1 aliphatic carbocycles. The third-order valence-corrected chi connectivity index (χ3v) is 8.18. The Labute approximate surface area is 220 Å². The van der Waals surface area contributed by atoms with Crippen molar-refractivity contribution in [3.05, 3.63) is 89.0 Å². The van der Waals surface area contributed by atoms with Gasteiger partial charge < -0.3 is 19.1 Å². The van der Waals surface area contributed by atoms with Gasteiger partial charge in [0.2, 0.25) is 5.75 Å². The van der Waals surface area contributed by atoms with Crippen LogP contribution in [0.4, 0.5) is 5.69 Å². The third-order valence-electron chi connectivity index (χ3n) is 8.18. The second kappa shape index (κ2) is 8.58. The zero-order chi connectivity index (χ0) is 26.8. The maximum absolute atomic E-state index is 14.5. The largest absolute Gasteiger partial charge is 0.493 e. The van der Waals surface area contributed by atoms with Crippen molar-refractivity contribution in [1.82, 2.24) is 0 Å². The van der Waals surface area contributed by atoms with E-state index in [1.807, 2.05) is 41.3 Å². The lowest BCUT2D eigenvalue weighted by Gasteiger charge is -2.37. The van der Waals surface area contributed by atoms with E-state index in [-0.39, 0.29) is 17.3 Å². The van der Waals surface area contributed by atoms with Crippen LogP contribution in [0.5, 0.6) is 17.2 Å². The van der Waals surface area contributed by atoms with Crippen molar-refractivity contribution in [3.63, 3.8) is 0 Å². The number of para-hydroxylation sites is 1. The molecule has 192 valence electrons. The summed E-state index contributed by atoms with van der Waals surface area (Å²) in [4.78, 5) is 44.5. The highest BCUT2D eigenvalue weighted by molar-refractivity contribution is 6.32. The number of benzene rings is 3. The number of hydrogen-bond donors (Lipinski definition) is 0. The Bertz CT molecular complexity index is 1480. The molecule has 0 radical (unpaired) electrons. The second-order valence-electron chi connectivity index (χ2n) is 9.83. The van der Waals surface area contributed by atoms with Gasteiger partial charge in [-0.25, -0.2) is 0 Å². The van der Waals surface area contributed by atoms with E-state index in [0.29, 0.717) is 33.9 Å². The number of carbonyl (C=O) groups is 3. The van der Waals surface area contributed by atoms with Crippen molar-refractivity contribution in [1.29, 1.82) is 0 Å². The average molecular weight is 510 g/mol. The fraction of sp³-hybridized carbons (Fsp3) is 0.258. The van der Waals surface area contributed by atoms with E-state index in [0.717, 1.165) is 11.3 Å². The lowest BCUT2D eigenvalue weighted by molar-refractivity contribution is -0.118. The summed E-state index contributed by atoms with van der Waals surface area (Å²) >= 11 is 0.